The second kappa shape index (κ2) is 8.50. The first-order valence-electron chi connectivity index (χ1n) is 6.96. The van der Waals surface area contributed by atoms with Crippen LogP contribution >= 0.6 is 12.4 Å². The predicted octanol–water partition coefficient (Wildman–Crippen LogP) is 1.13. The number of nitrogens with zero attached hydrogens (tertiary/aromatic N) is 5. The summed E-state index contributed by atoms with van der Waals surface area (Å²) < 4.78 is 0. The van der Waals surface area contributed by atoms with Gasteiger partial charge in [-0.1, -0.05) is 6.92 Å². The molecule has 9 heteroatoms. The maximum absolute atomic E-state index is 8.84. The molecule has 0 radical (unpaired) electrons. The van der Waals surface area contributed by atoms with Crippen LogP contribution in [0.1, 0.15) is 13.3 Å². The fourth-order valence-electron chi connectivity index (χ4n) is 1.79. The molecule has 22 heavy (non-hydrogen) atoms. The number of hydrogen-bond donors (Lipinski definition) is 3. The molecule has 0 unspecified atom stereocenters. The lowest BCUT2D eigenvalue weighted by molar-refractivity contribution is 0.311. The van der Waals surface area contributed by atoms with Gasteiger partial charge in [0, 0.05) is 27.2 Å². The van der Waals surface area contributed by atoms with E-state index in [0.717, 1.165) is 18.8 Å². The summed E-state index contributed by atoms with van der Waals surface area (Å²) in [6.07, 6.45) is 2.66. The predicted molar refractivity (Wildman–Crippen MR) is 91.1 cm³/mol. The number of aliphatic hydroxyl groups excluding tert-OH is 1. The molecular formula is C13H22ClN7O. The molecule has 0 aliphatic carbocycles. The summed E-state index contributed by atoms with van der Waals surface area (Å²) >= 11 is 0. The number of rotatable bonds is 7. The Morgan fingerprint density at radius 2 is 1.82 bits per heavy atom. The number of fused-ring (bicyclic) bond motifs is 1. The van der Waals surface area contributed by atoms with E-state index in [1.54, 1.807) is 6.20 Å². The van der Waals surface area contributed by atoms with Crippen molar-refractivity contribution in [2.45, 2.75) is 13.3 Å². The number of aliphatic hydroxyl groups is 1. The standard InChI is InChI=1S/C13H21N7O.ClH/c1-4-5-14-13-17-9-8-16-12(15-6-7-21)18-10(9)11(19-13)20(2)3;/h8,21H,4-7H2,1-3H3,(H,14,17,19)(H,15,16,18);1H. The number of hydrogen-bond acceptors (Lipinski definition) is 8. The van der Waals surface area contributed by atoms with E-state index < -0.39 is 0 Å². The van der Waals surface area contributed by atoms with E-state index >= 15 is 0 Å². The first kappa shape index (κ1) is 18.1. The van der Waals surface area contributed by atoms with Crippen LogP contribution in [0.4, 0.5) is 17.7 Å². The Kier molecular flexibility index (Phi) is 7.00. The molecule has 0 aliphatic rings. The summed E-state index contributed by atoms with van der Waals surface area (Å²) in [5, 5.41) is 15.0. The maximum atomic E-state index is 8.84. The molecule has 0 saturated carbocycles. The fourth-order valence-corrected chi connectivity index (χ4v) is 1.79. The number of halogens is 1. The van der Waals surface area contributed by atoms with Crippen LogP contribution in [-0.4, -0.2) is 58.8 Å². The smallest absolute Gasteiger partial charge is 0.225 e. The lowest BCUT2D eigenvalue weighted by Gasteiger charge is -2.15. The van der Waals surface area contributed by atoms with Gasteiger partial charge in [-0.2, -0.15) is 4.98 Å². The maximum Gasteiger partial charge on any atom is 0.225 e. The van der Waals surface area contributed by atoms with Crippen LogP contribution in [0.3, 0.4) is 0 Å². The van der Waals surface area contributed by atoms with Crippen molar-refractivity contribution < 1.29 is 5.11 Å². The molecule has 0 bridgehead atoms. The quantitative estimate of drug-likeness (QED) is 0.696. The molecule has 0 aliphatic heterocycles. The van der Waals surface area contributed by atoms with E-state index in [-0.39, 0.29) is 19.0 Å². The van der Waals surface area contributed by atoms with Gasteiger partial charge in [-0.15, -0.1) is 12.4 Å². The summed E-state index contributed by atoms with van der Waals surface area (Å²) in [7, 11) is 3.82. The fraction of sp³-hybridized carbons (Fsp3) is 0.538. The van der Waals surface area contributed by atoms with Crippen molar-refractivity contribution in [3.63, 3.8) is 0 Å². The van der Waals surface area contributed by atoms with Gasteiger partial charge in [0.25, 0.3) is 0 Å². The Hall–Kier alpha value is -1.93. The lowest BCUT2D eigenvalue weighted by atomic mass is 10.4. The van der Waals surface area contributed by atoms with Crippen molar-refractivity contribution in [1.29, 1.82) is 0 Å². The minimum absolute atomic E-state index is 0. The minimum atomic E-state index is 0. The monoisotopic (exact) mass is 327 g/mol. The van der Waals surface area contributed by atoms with Crippen LogP contribution in [0.15, 0.2) is 6.20 Å². The topological polar surface area (TPSA) is 99.1 Å². The molecule has 0 amide bonds. The summed E-state index contributed by atoms with van der Waals surface area (Å²) in [5.74, 6) is 1.76. The van der Waals surface area contributed by atoms with Crippen LogP contribution in [0, 0.1) is 0 Å². The van der Waals surface area contributed by atoms with Gasteiger partial charge >= 0.3 is 0 Å². The molecule has 3 N–H and O–H groups in total. The molecule has 0 saturated heterocycles. The Morgan fingerprint density at radius 3 is 2.45 bits per heavy atom. The van der Waals surface area contributed by atoms with Crippen molar-refractivity contribution in [2.24, 2.45) is 0 Å². The van der Waals surface area contributed by atoms with Gasteiger partial charge < -0.3 is 20.6 Å². The SMILES string of the molecule is CCCNc1nc(N(C)C)c2nc(NCCO)ncc2n1.Cl. The highest BCUT2D eigenvalue weighted by atomic mass is 35.5. The van der Waals surface area contributed by atoms with E-state index in [4.69, 9.17) is 5.11 Å². The molecule has 2 aromatic heterocycles. The minimum Gasteiger partial charge on any atom is -0.395 e. The second-order valence-corrected chi connectivity index (χ2v) is 4.77. The van der Waals surface area contributed by atoms with E-state index in [0.29, 0.717) is 29.5 Å². The first-order valence-corrected chi connectivity index (χ1v) is 6.96. The van der Waals surface area contributed by atoms with Crippen LogP contribution in [-0.2, 0) is 0 Å². The van der Waals surface area contributed by atoms with Crippen LogP contribution < -0.4 is 15.5 Å². The summed E-state index contributed by atoms with van der Waals surface area (Å²) in [6.45, 7) is 3.33. The van der Waals surface area contributed by atoms with Gasteiger partial charge in [-0.05, 0) is 6.42 Å². The van der Waals surface area contributed by atoms with Crippen molar-refractivity contribution in [1.82, 2.24) is 19.9 Å². The highest BCUT2D eigenvalue weighted by Gasteiger charge is 2.12. The van der Waals surface area contributed by atoms with Crippen molar-refractivity contribution in [3.05, 3.63) is 6.20 Å². The van der Waals surface area contributed by atoms with Gasteiger partial charge in [0.05, 0.1) is 12.8 Å². The third-order valence-corrected chi connectivity index (χ3v) is 2.77. The molecule has 2 rings (SSSR count). The van der Waals surface area contributed by atoms with Gasteiger partial charge in [0.15, 0.2) is 5.82 Å². The number of nitrogens with one attached hydrogen (secondary N) is 2. The zero-order valence-electron chi connectivity index (χ0n) is 13.0. The first-order chi connectivity index (χ1) is 10.2. The summed E-state index contributed by atoms with van der Waals surface area (Å²) in [6, 6.07) is 0. The molecule has 122 valence electrons. The van der Waals surface area contributed by atoms with E-state index in [9.17, 15) is 0 Å². The summed E-state index contributed by atoms with van der Waals surface area (Å²) in [5.41, 5.74) is 1.36. The molecule has 8 nitrogen and oxygen atoms in total. The largest absolute Gasteiger partial charge is 0.395 e. The third-order valence-electron chi connectivity index (χ3n) is 2.77. The lowest BCUT2D eigenvalue weighted by Crippen LogP contribution is -2.15. The zero-order chi connectivity index (χ0) is 15.2. The average Bonchev–Trinajstić information content (AvgIpc) is 2.49. The Balaban J connectivity index is 0.00000242. The third kappa shape index (κ3) is 4.28. The van der Waals surface area contributed by atoms with Crippen LogP contribution in [0.5, 0.6) is 0 Å². The average molecular weight is 328 g/mol. The van der Waals surface area contributed by atoms with Crippen molar-refractivity contribution >= 4 is 41.2 Å². The molecule has 0 fully saturated rings. The van der Waals surface area contributed by atoms with Crippen LogP contribution in [0.25, 0.3) is 11.0 Å². The second-order valence-electron chi connectivity index (χ2n) is 4.77. The van der Waals surface area contributed by atoms with E-state index in [1.807, 2.05) is 19.0 Å². The number of anilines is 3. The summed E-state index contributed by atoms with van der Waals surface area (Å²) in [4.78, 5) is 19.4. The van der Waals surface area contributed by atoms with Crippen molar-refractivity contribution in [3.8, 4) is 0 Å². The Labute approximate surface area is 135 Å². The van der Waals surface area contributed by atoms with Gasteiger partial charge in [0.1, 0.15) is 11.0 Å². The van der Waals surface area contributed by atoms with E-state index in [1.165, 1.54) is 0 Å². The molecule has 0 aromatic carbocycles. The van der Waals surface area contributed by atoms with Crippen molar-refractivity contribution in [2.75, 3.05) is 49.3 Å². The Bertz CT molecular complexity index is 608. The van der Waals surface area contributed by atoms with Crippen LogP contribution in [0.2, 0.25) is 0 Å². The van der Waals surface area contributed by atoms with E-state index in [2.05, 4.69) is 37.5 Å². The van der Waals surface area contributed by atoms with Gasteiger partial charge in [-0.3, -0.25) is 0 Å². The molecule has 0 spiro atoms. The van der Waals surface area contributed by atoms with Gasteiger partial charge in [0.2, 0.25) is 11.9 Å². The molecule has 2 aromatic rings. The zero-order valence-corrected chi connectivity index (χ0v) is 13.8. The molecule has 0 atom stereocenters. The molecular weight excluding hydrogens is 306 g/mol. The molecule has 2 heterocycles. The highest BCUT2D eigenvalue weighted by molar-refractivity contribution is 5.86. The normalized spacial score (nSPS) is 10.2. The van der Waals surface area contributed by atoms with Gasteiger partial charge in [-0.25, -0.2) is 15.0 Å². The number of aromatic nitrogens is 4. The Morgan fingerprint density at radius 1 is 1.09 bits per heavy atom. The highest BCUT2D eigenvalue weighted by Crippen LogP contribution is 2.22.